The summed E-state index contributed by atoms with van der Waals surface area (Å²) in [5.74, 6) is 2.33. The number of piperidine rings is 1. The number of hydrogen-bond donors (Lipinski definition) is 1. The normalized spacial score (nSPS) is 14.9. The number of benzene rings is 1. The zero-order valence-corrected chi connectivity index (χ0v) is 17.2. The highest BCUT2D eigenvalue weighted by molar-refractivity contribution is 6.30. The van der Waals surface area contributed by atoms with Gasteiger partial charge in [-0.1, -0.05) is 25.4 Å². The molecule has 0 radical (unpaired) electrons. The van der Waals surface area contributed by atoms with E-state index in [1.807, 2.05) is 0 Å². The van der Waals surface area contributed by atoms with Crippen molar-refractivity contribution >= 4 is 23.3 Å². The molecule has 0 aliphatic carbocycles. The molecule has 1 fully saturated rings. The number of halogens is 1. The van der Waals surface area contributed by atoms with Gasteiger partial charge in [-0.05, 0) is 61.1 Å². The van der Waals surface area contributed by atoms with Crippen LogP contribution >= 0.6 is 11.6 Å². The lowest BCUT2D eigenvalue weighted by Crippen LogP contribution is -2.40. The molecule has 0 saturated carbocycles. The van der Waals surface area contributed by atoms with E-state index in [4.69, 9.17) is 16.3 Å². The van der Waals surface area contributed by atoms with Crippen LogP contribution in [0, 0.1) is 5.92 Å². The molecule has 28 heavy (non-hydrogen) atoms. The van der Waals surface area contributed by atoms with E-state index in [0.29, 0.717) is 29.2 Å². The number of carbonyl (C=O) groups excluding carboxylic acids is 1. The van der Waals surface area contributed by atoms with E-state index >= 15 is 0 Å². The molecule has 7 heteroatoms. The van der Waals surface area contributed by atoms with Crippen LogP contribution in [-0.2, 0) is 4.79 Å². The number of nitrogens with zero attached hydrogens (tertiary/aromatic N) is 3. The van der Waals surface area contributed by atoms with Crippen LogP contribution in [0.5, 0.6) is 5.75 Å². The van der Waals surface area contributed by atoms with E-state index in [2.05, 4.69) is 46.4 Å². The molecule has 1 N–H and O–H groups in total. The van der Waals surface area contributed by atoms with Gasteiger partial charge in [0, 0.05) is 24.7 Å². The van der Waals surface area contributed by atoms with Crippen molar-refractivity contribution in [2.45, 2.75) is 32.6 Å². The molecule has 0 unspecified atom stereocenters. The molecule has 1 aromatic heterocycles. The van der Waals surface area contributed by atoms with Gasteiger partial charge in [-0.25, -0.2) is 0 Å². The number of rotatable bonds is 7. The molecule has 1 aromatic carbocycles. The Morgan fingerprint density at radius 2 is 1.89 bits per heavy atom. The number of anilines is 1. The van der Waals surface area contributed by atoms with Crippen LogP contribution in [0.1, 0.15) is 38.3 Å². The Hall–Kier alpha value is -2.34. The topological polar surface area (TPSA) is 67.4 Å². The number of carbonyl (C=O) groups is 1. The summed E-state index contributed by atoms with van der Waals surface area (Å²) in [4.78, 5) is 14.3. The molecule has 1 saturated heterocycles. The zero-order chi connectivity index (χ0) is 19.9. The van der Waals surface area contributed by atoms with E-state index in [-0.39, 0.29) is 12.5 Å². The maximum atomic E-state index is 12.0. The highest BCUT2D eigenvalue weighted by Gasteiger charge is 2.21. The Bertz CT molecular complexity index is 757. The molecule has 0 bridgehead atoms. The molecule has 0 atom stereocenters. The Kier molecular flexibility index (Phi) is 7.09. The number of aromatic nitrogens is 2. The van der Waals surface area contributed by atoms with Gasteiger partial charge < -0.3 is 15.0 Å². The van der Waals surface area contributed by atoms with E-state index in [1.165, 1.54) is 0 Å². The SMILES string of the molecule is CC(C)c1ccc(N2CCC(CNC(=O)COc3ccc(Cl)cc3)CC2)nn1. The van der Waals surface area contributed by atoms with Crippen LogP contribution < -0.4 is 15.0 Å². The predicted octanol–water partition coefficient (Wildman–Crippen LogP) is 3.67. The molecular formula is C21H27ClN4O2. The van der Waals surface area contributed by atoms with Crippen LogP contribution in [-0.4, -0.2) is 42.3 Å². The minimum absolute atomic E-state index is 0.0122. The molecular weight excluding hydrogens is 376 g/mol. The van der Waals surface area contributed by atoms with Crippen molar-refractivity contribution < 1.29 is 9.53 Å². The highest BCUT2D eigenvalue weighted by atomic mass is 35.5. The fourth-order valence-corrected chi connectivity index (χ4v) is 3.29. The Balaban J connectivity index is 1.37. The van der Waals surface area contributed by atoms with Crippen molar-refractivity contribution in [3.05, 3.63) is 47.1 Å². The van der Waals surface area contributed by atoms with Gasteiger partial charge in [-0.2, -0.15) is 5.10 Å². The first-order chi connectivity index (χ1) is 13.5. The molecule has 1 aliphatic rings. The fourth-order valence-electron chi connectivity index (χ4n) is 3.17. The van der Waals surface area contributed by atoms with Crippen molar-refractivity contribution in [1.82, 2.24) is 15.5 Å². The Morgan fingerprint density at radius 1 is 1.18 bits per heavy atom. The van der Waals surface area contributed by atoms with Crippen LogP contribution in [0.3, 0.4) is 0 Å². The summed E-state index contributed by atoms with van der Waals surface area (Å²) in [6.07, 6.45) is 2.04. The monoisotopic (exact) mass is 402 g/mol. The lowest BCUT2D eigenvalue weighted by atomic mass is 9.97. The summed E-state index contributed by atoms with van der Waals surface area (Å²) >= 11 is 5.83. The minimum Gasteiger partial charge on any atom is -0.484 e. The first-order valence-corrected chi connectivity index (χ1v) is 10.1. The van der Waals surface area contributed by atoms with E-state index in [9.17, 15) is 4.79 Å². The average molecular weight is 403 g/mol. The maximum absolute atomic E-state index is 12.0. The molecule has 1 aliphatic heterocycles. The highest BCUT2D eigenvalue weighted by Crippen LogP contribution is 2.22. The summed E-state index contributed by atoms with van der Waals surface area (Å²) in [6.45, 7) is 6.77. The van der Waals surface area contributed by atoms with E-state index in [1.54, 1.807) is 24.3 Å². The summed E-state index contributed by atoms with van der Waals surface area (Å²) in [6, 6.07) is 11.1. The van der Waals surface area contributed by atoms with Gasteiger partial charge in [0.2, 0.25) is 0 Å². The van der Waals surface area contributed by atoms with Crippen molar-refractivity contribution in [3.8, 4) is 5.75 Å². The first kappa shape index (κ1) is 20.4. The van der Waals surface area contributed by atoms with Gasteiger partial charge in [-0.3, -0.25) is 4.79 Å². The molecule has 2 aromatic rings. The number of ether oxygens (including phenoxy) is 1. The lowest BCUT2D eigenvalue weighted by molar-refractivity contribution is -0.123. The number of hydrogen-bond acceptors (Lipinski definition) is 5. The summed E-state index contributed by atoms with van der Waals surface area (Å²) < 4.78 is 5.47. The van der Waals surface area contributed by atoms with Gasteiger partial charge in [0.15, 0.2) is 12.4 Å². The molecule has 1 amide bonds. The zero-order valence-electron chi connectivity index (χ0n) is 16.4. The summed E-state index contributed by atoms with van der Waals surface area (Å²) in [5.41, 5.74) is 1.02. The summed E-state index contributed by atoms with van der Waals surface area (Å²) in [5, 5.41) is 12.3. The molecule has 0 spiro atoms. The fraction of sp³-hybridized carbons (Fsp3) is 0.476. The smallest absolute Gasteiger partial charge is 0.257 e. The number of nitrogens with one attached hydrogen (secondary N) is 1. The van der Waals surface area contributed by atoms with Crippen molar-refractivity contribution in [2.75, 3.05) is 31.1 Å². The Labute approximate surface area is 171 Å². The van der Waals surface area contributed by atoms with Crippen LogP contribution in [0.25, 0.3) is 0 Å². The third-order valence-corrected chi connectivity index (χ3v) is 5.22. The quantitative estimate of drug-likeness (QED) is 0.765. The molecule has 150 valence electrons. The van der Waals surface area contributed by atoms with Gasteiger partial charge >= 0.3 is 0 Å². The second-order valence-electron chi connectivity index (χ2n) is 7.45. The van der Waals surface area contributed by atoms with Gasteiger partial charge in [0.25, 0.3) is 5.91 Å². The number of amides is 1. The van der Waals surface area contributed by atoms with Gasteiger partial charge in [0.1, 0.15) is 5.75 Å². The van der Waals surface area contributed by atoms with Gasteiger partial charge in [-0.15, -0.1) is 5.10 Å². The maximum Gasteiger partial charge on any atom is 0.257 e. The first-order valence-electron chi connectivity index (χ1n) is 9.75. The van der Waals surface area contributed by atoms with E-state index < -0.39 is 0 Å². The predicted molar refractivity (Wildman–Crippen MR) is 111 cm³/mol. The third kappa shape index (κ3) is 5.83. The Morgan fingerprint density at radius 3 is 2.50 bits per heavy atom. The van der Waals surface area contributed by atoms with Gasteiger partial charge in [0.05, 0.1) is 5.69 Å². The van der Waals surface area contributed by atoms with Crippen molar-refractivity contribution in [2.24, 2.45) is 5.92 Å². The third-order valence-electron chi connectivity index (χ3n) is 4.97. The second-order valence-corrected chi connectivity index (χ2v) is 7.88. The summed E-state index contributed by atoms with van der Waals surface area (Å²) in [7, 11) is 0. The minimum atomic E-state index is -0.104. The lowest BCUT2D eigenvalue weighted by Gasteiger charge is -2.32. The average Bonchev–Trinajstić information content (AvgIpc) is 2.72. The standard InChI is InChI=1S/C21H27ClN4O2/c1-15(2)19-7-8-20(25-24-19)26-11-9-16(10-12-26)13-23-21(27)14-28-18-5-3-17(22)4-6-18/h3-8,15-16H,9-14H2,1-2H3,(H,23,27). The molecule has 3 rings (SSSR count). The van der Waals surface area contributed by atoms with Crippen molar-refractivity contribution in [1.29, 1.82) is 0 Å². The van der Waals surface area contributed by atoms with Crippen LogP contribution in [0.2, 0.25) is 5.02 Å². The van der Waals surface area contributed by atoms with Crippen LogP contribution in [0.4, 0.5) is 5.82 Å². The second kappa shape index (κ2) is 9.73. The molecule has 6 nitrogen and oxygen atoms in total. The van der Waals surface area contributed by atoms with E-state index in [0.717, 1.165) is 37.4 Å². The van der Waals surface area contributed by atoms with Crippen molar-refractivity contribution in [3.63, 3.8) is 0 Å². The molecule has 2 heterocycles. The van der Waals surface area contributed by atoms with Crippen LogP contribution in [0.15, 0.2) is 36.4 Å². The largest absolute Gasteiger partial charge is 0.484 e.